The van der Waals surface area contributed by atoms with Gasteiger partial charge in [-0.05, 0) is 24.6 Å². The van der Waals surface area contributed by atoms with E-state index in [-0.39, 0.29) is 11.9 Å². The van der Waals surface area contributed by atoms with Crippen LogP contribution < -0.4 is 0 Å². The highest BCUT2D eigenvalue weighted by Crippen LogP contribution is 2.22. The first kappa shape index (κ1) is 13.8. The van der Waals surface area contributed by atoms with E-state index in [2.05, 4.69) is 4.90 Å². The molecule has 1 fully saturated rings. The third kappa shape index (κ3) is 3.23. The van der Waals surface area contributed by atoms with Crippen LogP contribution in [0.1, 0.15) is 16.8 Å². The summed E-state index contributed by atoms with van der Waals surface area (Å²) in [5.74, 6) is -0.000692. The largest absolute Gasteiger partial charge is 0.380 e. The predicted octanol–water partition coefficient (Wildman–Crippen LogP) is 2.90. The minimum absolute atomic E-state index is 0.000692. The van der Waals surface area contributed by atoms with Crippen molar-refractivity contribution < 1.29 is 9.53 Å². The SMILES string of the molecule is COC1CCN(CC(=O)c2cc(Cl)ccc2Cl)C1. The first-order valence-corrected chi connectivity index (χ1v) is 6.59. The molecule has 1 aromatic carbocycles. The van der Waals surface area contributed by atoms with Crippen LogP contribution in [0, 0.1) is 0 Å². The molecule has 18 heavy (non-hydrogen) atoms. The van der Waals surface area contributed by atoms with E-state index in [1.807, 2.05) is 0 Å². The van der Waals surface area contributed by atoms with Gasteiger partial charge < -0.3 is 4.74 Å². The molecule has 1 heterocycles. The second kappa shape index (κ2) is 6.02. The number of benzene rings is 1. The Morgan fingerprint density at radius 3 is 2.94 bits per heavy atom. The predicted molar refractivity (Wildman–Crippen MR) is 72.6 cm³/mol. The number of methoxy groups -OCH3 is 1. The molecule has 1 unspecified atom stereocenters. The molecule has 1 atom stereocenters. The highest BCUT2D eigenvalue weighted by Gasteiger charge is 2.24. The minimum atomic E-state index is -0.000692. The Hall–Kier alpha value is -0.610. The van der Waals surface area contributed by atoms with E-state index in [4.69, 9.17) is 27.9 Å². The van der Waals surface area contributed by atoms with Crippen molar-refractivity contribution in [1.29, 1.82) is 0 Å². The number of likely N-dealkylation sites (tertiary alicyclic amines) is 1. The van der Waals surface area contributed by atoms with E-state index in [0.29, 0.717) is 22.2 Å². The maximum Gasteiger partial charge on any atom is 0.178 e. The molecular formula is C13H15Cl2NO2. The van der Waals surface area contributed by atoms with Gasteiger partial charge in [0.25, 0.3) is 0 Å². The van der Waals surface area contributed by atoms with Gasteiger partial charge in [0.15, 0.2) is 5.78 Å². The molecule has 0 bridgehead atoms. The van der Waals surface area contributed by atoms with Gasteiger partial charge >= 0.3 is 0 Å². The van der Waals surface area contributed by atoms with Crippen molar-refractivity contribution in [3.63, 3.8) is 0 Å². The van der Waals surface area contributed by atoms with Crippen LogP contribution in [0.25, 0.3) is 0 Å². The summed E-state index contributed by atoms with van der Waals surface area (Å²) in [5.41, 5.74) is 0.491. The fourth-order valence-electron chi connectivity index (χ4n) is 2.13. The summed E-state index contributed by atoms with van der Waals surface area (Å²) in [6, 6.07) is 4.95. The number of rotatable bonds is 4. The monoisotopic (exact) mass is 287 g/mol. The van der Waals surface area contributed by atoms with Gasteiger partial charge in [0.05, 0.1) is 17.7 Å². The number of carbonyl (C=O) groups is 1. The first-order chi connectivity index (χ1) is 8.60. The van der Waals surface area contributed by atoms with Gasteiger partial charge in [0.1, 0.15) is 0 Å². The van der Waals surface area contributed by atoms with Crippen LogP contribution in [0.5, 0.6) is 0 Å². The highest BCUT2D eigenvalue weighted by molar-refractivity contribution is 6.36. The summed E-state index contributed by atoms with van der Waals surface area (Å²) >= 11 is 11.9. The lowest BCUT2D eigenvalue weighted by atomic mass is 10.1. The van der Waals surface area contributed by atoms with Crippen molar-refractivity contribution in [2.45, 2.75) is 12.5 Å². The van der Waals surface area contributed by atoms with E-state index >= 15 is 0 Å². The maximum atomic E-state index is 12.1. The summed E-state index contributed by atoms with van der Waals surface area (Å²) in [4.78, 5) is 14.2. The molecule has 1 aromatic rings. The molecule has 0 N–H and O–H groups in total. The van der Waals surface area contributed by atoms with Crippen LogP contribution in [0.2, 0.25) is 10.0 Å². The number of hydrogen-bond donors (Lipinski definition) is 0. The maximum absolute atomic E-state index is 12.1. The molecule has 0 aromatic heterocycles. The van der Waals surface area contributed by atoms with E-state index in [1.54, 1.807) is 25.3 Å². The third-order valence-electron chi connectivity index (χ3n) is 3.16. The fourth-order valence-corrected chi connectivity index (χ4v) is 2.53. The average Bonchev–Trinajstić information content (AvgIpc) is 2.80. The molecule has 0 aliphatic carbocycles. The second-order valence-electron chi connectivity index (χ2n) is 4.43. The molecule has 98 valence electrons. The molecular weight excluding hydrogens is 273 g/mol. The Bertz CT molecular complexity index is 451. The van der Waals surface area contributed by atoms with Crippen molar-refractivity contribution in [2.24, 2.45) is 0 Å². The first-order valence-electron chi connectivity index (χ1n) is 5.83. The Kier molecular flexibility index (Phi) is 4.62. The van der Waals surface area contributed by atoms with Crippen LogP contribution in [0.15, 0.2) is 18.2 Å². The highest BCUT2D eigenvalue weighted by atomic mass is 35.5. The Balaban J connectivity index is 2.02. The zero-order chi connectivity index (χ0) is 13.1. The summed E-state index contributed by atoms with van der Waals surface area (Å²) in [5, 5.41) is 0.978. The number of nitrogens with zero attached hydrogens (tertiary/aromatic N) is 1. The Morgan fingerprint density at radius 1 is 1.50 bits per heavy atom. The van der Waals surface area contributed by atoms with Crippen molar-refractivity contribution in [3.05, 3.63) is 33.8 Å². The number of ether oxygens (including phenoxy) is 1. The third-order valence-corrected chi connectivity index (χ3v) is 3.72. The standard InChI is InChI=1S/C13H15Cl2NO2/c1-18-10-4-5-16(7-10)8-13(17)11-6-9(14)2-3-12(11)15/h2-3,6,10H,4-5,7-8H2,1H3. The lowest BCUT2D eigenvalue weighted by Crippen LogP contribution is -2.29. The van der Waals surface area contributed by atoms with Crippen LogP contribution in [0.3, 0.4) is 0 Å². The van der Waals surface area contributed by atoms with Gasteiger partial charge in [-0.15, -0.1) is 0 Å². The number of hydrogen-bond acceptors (Lipinski definition) is 3. The van der Waals surface area contributed by atoms with E-state index in [9.17, 15) is 4.79 Å². The Morgan fingerprint density at radius 2 is 2.28 bits per heavy atom. The van der Waals surface area contributed by atoms with E-state index < -0.39 is 0 Å². The quantitative estimate of drug-likeness (QED) is 0.798. The second-order valence-corrected chi connectivity index (χ2v) is 5.27. The van der Waals surface area contributed by atoms with Crippen LogP contribution in [-0.4, -0.2) is 43.5 Å². The zero-order valence-electron chi connectivity index (χ0n) is 10.2. The van der Waals surface area contributed by atoms with Gasteiger partial charge in [-0.2, -0.15) is 0 Å². The minimum Gasteiger partial charge on any atom is -0.380 e. The fraction of sp³-hybridized carbons (Fsp3) is 0.462. The van der Waals surface area contributed by atoms with Crippen molar-refractivity contribution in [3.8, 4) is 0 Å². The van der Waals surface area contributed by atoms with Gasteiger partial charge in [0, 0.05) is 30.8 Å². The lowest BCUT2D eigenvalue weighted by molar-refractivity contribution is 0.0899. The van der Waals surface area contributed by atoms with E-state index in [1.165, 1.54) is 0 Å². The molecule has 0 spiro atoms. The molecule has 0 amide bonds. The summed E-state index contributed by atoms with van der Waals surface area (Å²) in [6.07, 6.45) is 1.19. The molecule has 3 nitrogen and oxygen atoms in total. The number of Topliss-reactive ketones (excluding diaryl/α,β-unsaturated/α-hetero) is 1. The smallest absolute Gasteiger partial charge is 0.178 e. The van der Waals surface area contributed by atoms with Crippen molar-refractivity contribution >= 4 is 29.0 Å². The molecule has 1 saturated heterocycles. The van der Waals surface area contributed by atoms with Crippen LogP contribution in [0.4, 0.5) is 0 Å². The molecule has 1 aliphatic rings. The molecule has 5 heteroatoms. The van der Waals surface area contributed by atoms with Crippen molar-refractivity contribution in [2.75, 3.05) is 26.7 Å². The molecule has 0 radical (unpaired) electrons. The Labute approximate surface area is 117 Å². The molecule has 0 saturated carbocycles. The summed E-state index contributed by atoms with van der Waals surface area (Å²) < 4.78 is 5.27. The summed E-state index contributed by atoms with van der Waals surface area (Å²) in [7, 11) is 1.70. The van der Waals surface area contributed by atoms with Crippen LogP contribution in [-0.2, 0) is 4.74 Å². The number of halogens is 2. The van der Waals surface area contributed by atoms with Gasteiger partial charge in [-0.25, -0.2) is 0 Å². The zero-order valence-corrected chi connectivity index (χ0v) is 11.7. The normalized spacial score (nSPS) is 20.3. The number of ketones is 1. The molecule has 2 rings (SSSR count). The van der Waals surface area contributed by atoms with Crippen molar-refractivity contribution in [1.82, 2.24) is 4.90 Å². The lowest BCUT2D eigenvalue weighted by Gasteiger charge is -2.15. The number of carbonyl (C=O) groups excluding carboxylic acids is 1. The van der Waals surface area contributed by atoms with Gasteiger partial charge in [-0.3, -0.25) is 9.69 Å². The van der Waals surface area contributed by atoms with Crippen LogP contribution >= 0.6 is 23.2 Å². The van der Waals surface area contributed by atoms with E-state index in [0.717, 1.165) is 19.5 Å². The topological polar surface area (TPSA) is 29.5 Å². The molecule has 1 aliphatic heterocycles. The average molecular weight is 288 g/mol. The van der Waals surface area contributed by atoms with Gasteiger partial charge in [-0.1, -0.05) is 23.2 Å². The van der Waals surface area contributed by atoms with Gasteiger partial charge in [0.2, 0.25) is 0 Å². The summed E-state index contributed by atoms with van der Waals surface area (Å²) in [6.45, 7) is 2.03.